The Bertz CT molecular complexity index is 113. The third-order valence-electron chi connectivity index (χ3n) is 1.08. The quantitative estimate of drug-likeness (QED) is 0.586. The van der Waals surface area contributed by atoms with Crippen molar-refractivity contribution in [1.29, 1.82) is 0 Å². The van der Waals surface area contributed by atoms with E-state index in [0.717, 1.165) is 0 Å². The fraction of sp³-hybridized carbons (Fsp3) is 0.750. The van der Waals surface area contributed by atoms with E-state index in [1.54, 1.807) is 13.8 Å². The van der Waals surface area contributed by atoms with Crippen LogP contribution in [0.2, 0.25) is 0 Å². The third kappa shape index (κ3) is 7.03. The number of hydrogen-bond acceptors (Lipinski definition) is 3. The highest BCUT2D eigenvalue weighted by atomic mass is 16.5. The molecule has 0 fully saturated rings. The van der Waals surface area contributed by atoms with Crippen LogP contribution in [0.25, 0.3) is 0 Å². The summed E-state index contributed by atoms with van der Waals surface area (Å²) in [5.74, 6) is -0.358. The van der Waals surface area contributed by atoms with Gasteiger partial charge in [0.2, 0.25) is 0 Å². The van der Waals surface area contributed by atoms with Crippen LogP contribution in [0.15, 0.2) is 0 Å². The molecule has 3 nitrogen and oxygen atoms in total. The Labute approximate surface area is 67.7 Å². The van der Waals surface area contributed by atoms with Gasteiger partial charge in [-0.2, -0.15) is 0 Å². The van der Waals surface area contributed by atoms with Gasteiger partial charge in [0, 0.05) is 12.8 Å². The van der Waals surface area contributed by atoms with Crippen molar-refractivity contribution in [1.82, 2.24) is 0 Å². The highest BCUT2D eigenvalue weighted by Crippen LogP contribution is 1.87. The molecule has 0 bridgehead atoms. The largest absolute Gasteiger partial charge is 0.458 e. The smallest absolute Gasteiger partial charge is 0.305 e. The Kier molecular flexibility index (Phi) is 8.43. The second kappa shape index (κ2) is 7.25. The molecule has 0 atom stereocenters. The molecule has 0 aromatic carbocycles. The van der Waals surface area contributed by atoms with Gasteiger partial charge in [-0.05, 0) is 0 Å². The van der Waals surface area contributed by atoms with E-state index in [1.807, 2.05) is 0 Å². The molecular weight excluding hydrogens is 144 g/mol. The fourth-order valence-electron chi connectivity index (χ4n) is 0.365. The number of esters is 1. The van der Waals surface area contributed by atoms with Crippen LogP contribution in [0, 0.1) is 0 Å². The van der Waals surface area contributed by atoms with E-state index in [9.17, 15) is 9.59 Å². The number of carbonyl (C=O) groups is 2. The summed E-state index contributed by atoms with van der Waals surface area (Å²) in [4.78, 5) is 21.0. The molecule has 0 saturated carbocycles. The van der Waals surface area contributed by atoms with Crippen molar-refractivity contribution < 1.29 is 14.3 Å². The predicted octanol–water partition coefficient (Wildman–Crippen LogP) is 1.55. The molecule has 0 saturated heterocycles. The molecule has 0 radical (unpaired) electrons. The van der Waals surface area contributed by atoms with Gasteiger partial charge in [-0.1, -0.05) is 21.3 Å². The summed E-state index contributed by atoms with van der Waals surface area (Å²) >= 11 is 0. The lowest BCUT2D eigenvalue weighted by Crippen LogP contribution is -2.11. The molecule has 0 aromatic heterocycles. The highest BCUT2D eigenvalue weighted by Gasteiger charge is 2.01. The van der Waals surface area contributed by atoms with Crippen LogP contribution >= 0.6 is 0 Å². The molecule has 0 rings (SSSR count). The highest BCUT2D eigenvalue weighted by molar-refractivity contribution is 5.81. The Hall–Kier alpha value is -0.860. The summed E-state index contributed by atoms with van der Waals surface area (Å²) < 4.78 is 4.56. The first-order valence-corrected chi connectivity index (χ1v) is 3.38. The lowest BCUT2D eigenvalue weighted by atomic mass is 10.3. The predicted molar refractivity (Wildman–Crippen MR) is 43.3 cm³/mol. The number of ketones is 1. The summed E-state index contributed by atoms with van der Waals surface area (Å²) in [7, 11) is 0. The lowest BCUT2D eigenvalue weighted by Gasteiger charge is -1.98. The summed E-state index contributed by atoms with van der Waals surface area (Å²) in [5.41, 5.74) is 0. The van der Waals surface area contributed by atoms with Gasteiger partial charge in [0.15, 0.2) is 5.78 Å². The zero-order chi connectivity index (χ0) is 7.98. The number of carbonyl (C=O) groups excluding carboxylic acids is 2. The molecule has 0 spiro atoms. The van der Waals surface area contributed by atoms with Crippen LogP contribution in [-0.4, -0.2) is 18.4 Å². The van der Waals surface area contributed by atoms with E-state index < -0.39 is 0 Å². The van der Waals surface area contributed by atoms with E-state index in [0.29, 0.717) is 12.8 Å². The van der Waals surface area contributed by atoms with Crippen LogP contribution in [0.1, 0.15) is 34.1 Å². The topological polar surface area (TPSA) is 43.4 Å². The maximum absolute atomic E-state index is 10.6. The molecule has 66 valence electrons. The van der Waals surface area contributed by atoms with Crippen molar-refractivity contribution in [2.24, 2.45) is 0 Å². The van der Waals surface area contributed by atoms with Gasteiger partial charge in [0.05, 0.1) is 0 Å². The summed E-state index contributed by atoms with van der Waals surface area (Å²) in [5, 5.41) is 0. The van der Waals surface area contributed by atoms with Gasteiger partial charge in [0.25, 0.3) is 0 Å². The zero-order valence-electron chi connectivity index (χ0n) is 6.35. The van der Waals surface area contributed by atoms with Crippen molar-refractivity contribution in [3.05, 3.63) is 0 Å². The standard InChI is InChI=1S/C7H12O3.CH4/c1-3-6(8)5-10-7(9)4-2;/h3-5H2,1-2H3;1H4. The minimum Gasteiger partial charge on any atom is -0.458 e. The molecule has 0 N–H and O–H groups in total. The number of Topliss-reactive ketones (excluding diaryl/α,β-unsaturated/α-hetero) is 1. The average Bonchev–Trinajstić information content (AvgIpc) is 1.99. The maximum atomic E-state index is 10.6. The van der Waals surface area contributed by atoms with E-state index in [-0.39, 0.29) is 25.8 Å². The molecule has 0 aromatic rings. The first kappa shape index (κ1) is 12.8. The minimum atomic E-state index is -0.318. The minimum absolute atomic E-state index is 0. The molecule has 0 aliphatic carbocycles. The second-order valence-corrected chi connectivity index (χ2v) is 1.91. The molecule has 3 heteroatoms. The van der Waals surface area contributed by atoms with Gasteiger partial charge < -0.3 is 4.74 Å². The number of hydrogen-bond donors (Lipinski definition) is 0. The zero-order valence-corrected chi connectivity index (χ0v) is 6.35. The Morgan fingerprint density at radius 1 is 1.18 bits per heavy atom. The molecular formula is C8H16O3. The molecule has 0 aliphatic rings. The van der Waals surface area contributed by atoms with Gasteiger partial charge in [0.1, 0.15) is 6.61 Å². The molecule has 0 heterocycles. The molecule has 11 heavy (non-hydrogen) atoms. The first-order chi connectivity index (χ1) is 4.70. The molecule has 0 unspecified atom stereocenters. The average molecular weight is 160 g/mol. The van der Waals surface area contributed by atoms with Crippen molar-refractivity contribution >= 4 is 11.8 Å². The van der Waals surface area contributed by atoms with Gasteiger partial charge >= 0.3 is 5.97 Å². The number of ether oxygens (including phenoxy) is 1. The molecule has 0 aliphatic heterocycles. The van der Waals surface area contributed by atoms with Crippen LogP contribution in [0.5, 0.6) is 0 Å². The lowest BCUT2D eigenvalue weighted by molar-refractivity contribution is -0.147. The monoisotopic (exact) mass is 160 g/mol. The van der Waals surface area contributed by atoms with Crippen LogP contribution in [0.3, 0.4) is 0 Å². The van der Waals surface area contributed by atoms with Crippen molar-refractivity contribution in [3.63, 3.8) is 0 Å². The van der Waals surface area contributed by atoms with Gasteiger partial charge in [-0.25, -0.2) is 0 Å². The Morgan fingerprint density at radius 3 is 2.09 bits per heavy atom. The van der Waals surface area contributed by atoms with Crippen molar-refractivity contribution in [2.45, 2.75) is 34.1 Å². The van der Waals surface area contributed by atoms with Gasteiger partial charge in [-0.15, -0.1) is 0 Å². The van der Waals surface area contributed by atoms with Crippen molar-refractivity contribution in [2.75, 3.05) is 6.61 Å². The van der Waals surface area contributed by atoms with Crippen LogP contribution in [0.4, 0.5) is 0 Å². The van der Waals surface area contributed by atoms with E-state index in [1.165, 1.54) is 0 Å². The van der Waals surface area contributed by atoms with E-state index >= 15 is 0 Å². The first-order valence-electron chi connectivity index (χ1n) is 3.38. The summed E-state index contributed by atoms with van der Waals surface area (Å²) in [6.45, 7) is 3.37. The van der Waals surface area contributed by atoms with Crippen LogP contribution in [-0.2, 0) is 14.3 Å². The normalized spacial score (nSPS) is 8.18. The Morgan fingerprint density at radius 2 is 1.73 bits per heavy atom. The number of rotatable bonds is 4. The third-order valence-corrected chi connectivity index (χ3v) is 1.08. The van der Waals surface area contributed by atoms with Gasteiger partial charge in [-0.3, -0.25) is 9.59 Å². The van der Waals surface area contributed by atoms with Crippen LogP contribution < -0.4 is 0 Å². The summed E-state index contributed by atoms with van der Waals surface area (Å²) in [6, 6.07) is 0. The van der Waals surface area contributed by atoms with Crippen molar-refractivity contribution in [3.8, 4) is 0 Å². The van der Waals surface area contributed by atoms with E-state index in [4.69, 9.17) is 0 Å². The second-order valence-electron chi connectivity index (χ2n) is 1.91. The Balaban J connectivity index is 0. The summed E-state index contributed by atoms with van der Waals surface area (Å²) in [6.07, 6.45) is 0.758. The maximum Gasteiger partial charge on any atom is 0.305 e. The van der Waals surface area contributed by atoms with E-state index in [2.05, 4.69) is 4.74 Å². The SMILES string of the molecule is C.CCC(=O)COC(=O)CC. The molecule has 0 amide bonds. The fourth-order valence-corrected chi connectivity index (χ4v) is 0.365.